The van der Waals surface area contributed by atoms with Crippen molar-refractivity contribution in [2.24, 2.45) is 5.73 Å². The van der Waals surface area contributed by atoms with Crippen LogP contribution in [0.25, 0.3) is 0 Å². The maximum absolute atomic E-state index is 11.6. The molecule has 2 rings (SSSR count). The summed E-state index contributed by atoms with van der Waals surface area (Å²) in [5.74, 6) is 0.195. The third-order valence-electron chi connectivity index (χ3n) is 3.25. The van der Waals surface area contributed by atoms with Crippen molar-refractivity contribution >= 4 is 5.91 Å². The Kier molecular flexibility index (Phi) is 3.52. The van der Waals surface area contributed by atoms with Crippen molar-refractivity contribution < 1.29 is 14.3 Å². The summed E-state index contributed by atoms with van der Waals surface area (Å²) in [5.41, 5.74) is 6.73. The lowest BCUT2D eigenvalue weighted by Gasteiger charge is -2.16. The number of rotatable bonds is 6. The Labute approximate surface area is 106 Å². The van der Waals surface area contributed by atoms with Gasteiger partial charge in [-0.2, -0.15) is 0 Å². The van der Waals surface area contributed by atoms with Gasteiger partial charge in [0, 0.05) is 18.9 Å². The molecule has 1 aliphatic carbocycles. The predicted octanol–water partition coefficient (Wildman–Crippen LogP) is 0.932. The summed E-state index contributed by atoms with van der Waals surface area (Å²) in [4.78, 5) is 15.8. The Morgan fingerprint density at radius 3 is 2.78 bits per heavy atom. The number of methoxy groups -OCH3 is 1. The minimum absolute atomic E-state index is 0.300. The number of carbonyl (C=O) groups is 1. The molecule has 1 aromatic heterocycles. The molecule has 0 bridgehead atoms. The van der Waals surface area contributed by atoms with Crippen LogP contribution < -0.4 is 10.5 Å². The number of ether oxygens (including phenoxy) is 2. The average molecular weight is 250 g/mol. The van der Waals surface area contributed by atoms with Crippen molar-refractivity contribution in [2.75, 3.05) is 20.3 Å². The zero-order valence-corrected chi connectivity index (χ0v) is 10.7. The lowest BCUT2D eigenvalue weighted by atomic mass is 9.95. The first-order valence-electron chi connectivity index (χ1n) is 5.99. The van der Waals surface area contributed by atoms with Gasteiger partial charge < -0.3 is 15.2 Å². The van der Waals surface area contributed by atoms with Gasteiger partial charge in [-0.3, -0.25) is 4.79 Å². The van der Waals surface area contributed by atoms with Gasteiger partial charge >= 0.3 is 0 Å². The van der Waals surface area contributed by atoms with Crippen molar-refractivity contribution in [1.29, 1.82) is 0 Å². The van der Waals surface area contributed by atoms with Crippen molar-refractivity contribution in [3.05, 3.63) is 23.4 Å². The van der Waals surface area contributed by atoms with Gasteiger partial charge in [-0.15, -0.1) is 0 Å². The highest BCUT2D eigenvalue weighted by atomic mass is 16.5. The quantitative estimate of drug-likeness (QED) is 0.762. The van der Waals surface area contributed by atoms with E-state index in [9.17, 15) is 4.79 Å². The molecule has 1 heterocycles. The van der Waals surface area contributed by atoms with E-state index >= 15 is 0 Å². The number of nitrogens with zero attached hydrogens (tertiary/aromatic N) is 1. The van der Waals surface area contributed by atoms with Crippen LogP contribution in [-0.2, 0) is 14.9 Å². The highest BCUT2D eigenvalue weighted by Gasteiger charge is 2.52. The van der Waals surface area contributed by atoms with E-state index < -0.39 is 5.41 Å². The van der Waals surface area contributed by atoms with Gasteiger partial charge in [0.05, 0.1) is 12.0 Å². The summed E-state index contributed by atoms with van der Waals surface area (Å²) in [6.45, 7) is 2.83. The van der Waals surface area contributed by atoms with Gasteiger partial charge in [-0.05, 0) is 31.4 Å². The summed E-state index contributed by atoms with van der Waals surface area (Å²) in [6.07, 6.45) is 3.27. The topological polar surface area (TPSA) is 74.4 Å². The molecular formula is C13H18N2O3. The molecule has 0 atom stereocenters. The summed E-state index contributed by atoms with van der Waals surface area (Å²) in [6, 6.07) is 1.94. The molecule has 0 radical (unpaired) electrons. The van der Waals surface area contributed by atoms with Crippen LogP contribution in [0.5, 0.6) is 5.88 Å². The number of aromatic nitrogens is 1. The third kappa shape index (κ3) is 2.31. The smallest absolute Gasteiger partial charge is 0.228 e. The van der Waals surface area contributed by atoms with Gasteiger partial charge in [0.2, 0.25) is 11.8 Å². The summed E-state index contributed by atoms with van der Waals surface area (Å²) >= 11 is 0. The SMILES string of the molecule is COCCOc1ncc(C)cc1C1(C(N)=O)CC1. The molecule has 0 unspecified atom stereocenters. The highest BCUT2D eigenvalue weighted by molar-refractivity contribution is 5.90. The molecule has 0 aliphatic heterocycles. The molecule has 5 heteroatoms. The maximum Gasteiger partial charge on any atom is 0.228 e. The molecule has 18 heavy (non-hydrogen) atoms. The lowest BCUT2D eigenvalue weighted by molar-refractivity contribution is -0.120. The first-order chi connectivity index (χ1) is 8.60. The van der Waals surface area contributed by atoms with Crippen LogP contribution in [0.1, 0.15) is 24.0 Å². The lowest BCUT2D eigenvalue weighted by Crippen LogP contribution is -2.29. The normalized spacial score (nSPS) is 16.3. The zero-order chi connectivity index (χ0) is 13.2. The Bertz CT molecular complexity index is 456. The molecule has 1 fully saturated rings. The molecular weight excluding hydrogens is 232 g/mol. The van der Waals surface area contributed by atoms with E-state index in [1.807, 2.05) is 13.0 Å². The standard InChI is InChI=1S/C13H18N2O3/c1-9-7-10(13(3-4-13)12(14)16)11(15-8-9)18-6-5-17-2/h7-8H,3-6H2,1-2H3,(H2,14,16). The fraction of sp³-hybridized carbons (Fsp3) is 0.538. The van der Waals surface area contributed by atoms with Gasteiger partial charge in [0.1, 0.15) is 6.61 Å². The van der Waals surface area contributed by atoms with E-state index in [1.165, 1.54) is 0 Å². The molecule has 0 aromatic carbocycles. The summed E-state index contributed by atoms with van der Waals surface area (Å²) in [5, 5.41) is 0. The zero-order valence-electron chi connectivity index (χ0n) is 10.7. The fourth-order valence-electron chi connectivity index (χ4n) is 2.01. The number of hydrogen-bond acceptors (Lipinski definition) is 4. The second kappa shape index (κ2) is 4.94. The highest BCUT2D eigenvalue weighted by Crippen LogP contribution is 2.50. The average Bonchev–Trinajstić information content (AvgIpc) is 3.12. The number of carbonyl (C=O) groups excluding carboxylic acids is 1. The van der Waals surface area contributed by atoms with Crippen LogP contribution in [0.15, 0.2) is 12.3 Å². The number of hydrogen-bond donors (Lipinski definition) is 1. The number of nitrogens with two attached hydrogens (primary N) is 1. The van der Waals surface area contributed by atoms with E-state index in [4.69, 9.17) is 15.2 Å². The van der Waals surface area contributed by atoms with Crippen LogP contribution in [-0.4, -0.2) is 31.2 Å². The van der Waals surface area contributed by atoms with Gasteiger partial charge in [-0.1, -0.05) is 0 Å². The van der Waals surface area contributed by atoms with E-state index in [0.717, 1.165) is 24.0 Å². The van der Waals surface area contributed by atoms with E-state index in [2.05, 4.69) is 4.98 Å². The molecule has 1 aromatic rings. The van der Waals surface area contributed by atoms with Crippen molar-refractivity contribution in [3.63, 3.8) is 0 Å². The van der Waals surface area contributed by atoms with Gasteiger partial charge in [0.15, 0.2) is 0 Å². The van der Waals surface area contributed by atoms with Gasteiger partial charge in [-0.25, -0.2) is 4.98 Å². The molecule has 0 spiro atoms. The Balaban J connectivity index is 2.27. The second-order valence-electron chi connectivity index (χ2n) is 4.65. The number of aryl methyl sites for hydroxylation is 1. The minimum atomic E-state index is -0.568. The Hall–Kier alpha value is -1.62. The Morgan fingerprint density at radius 2 is 2.22 bits per heavy atom. The Morgan fingerprint density at radius 1 is 1.50 bits per heavy atom. The number of pyridine rings is 1. The molecule has 0 saturated heterocycles. The van der Waals surface area contributed by atoms with Crippen molar-refractivity contribution in [3.8, 4) is 5.88 Å². The number of amides is 1. The van der Waals surface area contributed by atoms with Gasteiger partial charge in [0.25, 0.3) is 0 Å². The first-order valence-corrected chi connectivity index (χ1v) is 5.99. The van der Waals surface area contributed by atoms with E-state index in [1.54, 1.807) is 13.3 Å². The maximum atomic E-state index is 11.6. The molecule has 98 valence electrons. The molecule has 2 N–H and O–H groups in total. The van der Waals surface area contributed by atoms with Crippen LogP contribution in [0.4, 0.5) is 0 Å². The summed E-state index contributed by atoms with van der Waals surface area (Å²) in [7, 11) is 1.61. The monoisotopic (exact) mass is 250 g/mol. The number of primary amides is 1. The molecule has 1 saturated carbocycles. The molecule has 5 nitrogen and oxygen atoms in total. The minimum Gasteiger partial charge on any atom is -0.475 e. The second-order valence-corrected chi connectivity index (χ2v) is 4.65. The fourth-order valence-corrected chi connectivity index (χ4v) is 2.01. The van der Waals surface area contributed by atoms with E-state index in [0.29, 0.717) is 19.1 Å². The van der Waals surface area contributed by atoms with Crippen LogP contribution in [0.3, 0.4) is 0 Å². The van der Waals surface area contributed by atoms with Crippen molar-refractivity contribution in [2.45, 2.75) is 25.2 Å². The predicted molar refractivity (Wildman–Crippen MR) is 66.5 cm³/mol. The van der Waals surface area contributed by atoms with Crippen LogP contribution in [0, 0.1) is 6.92 Å². The largest absolute Gasteiger partial charge is 0.475 e. The van der Waals surface area contributed by atoms with E-state index in [-0.39, 0.29) is 5.91 Å². The van der Waals surface area contributed by atoms with Crippen molar-refractivity contribution in [1.82, 2.24) is 4.98 Å². The van der Waals surface area contributed by atoms with Crippen LogP contribution in [0.2, 0.25) is 0 Å². The molecule has 1 amide bonds. The third-order valence-corrected chi connectivity index (χ3v) is 3.25. The summed E-state index contributed by atoms with van der Waals surface area (Å²) < 4.78 is 10.5. The molecule has 1 aliphatic rings. The first kappa shape index (κ1) is 12.8. The van der Waals surface area contributed by atoms with Crippen LogP contribution >= 0.6 is 0 Å².